The van der Waals surface area contributed by atoms with Crippen LogP contribution in [0.1, 0.15) is 32.8 Å². The number of carboxylic acids is 1. The number of hydrogen-bond acceptors (Lipinski definition) is 4. The van der Waals surface area contributed by atoms with Crippen LogP contribution in [0.25, 0.3) is 0 Å². The number of aliphatic carboxylic acids is 1. The smallest absolute Gasteiger partial charge is 0.323 e. The van der Waals surface area contributed by atoms with Gasteiger partial charge in [0.25, 0.3) is 12.1 Å². The molecule has 1 rings (SSSR count). The molecule has 0 radical (unpaired) electrons. The number of nitrogens with zero attached hydrogens (tertiary/aromatic N) is 2. The minimum absolute atomic E-state index is 0.0227. The first-order valence-corrected chi connectivity index (χ1v) is 6.10. The van der Waals surface area contributed by atoms with Crippen LogP contribution in [0.3, 0.4) is 0 Å². The van der Waals surface area contributed by atoms with E-state index in [0.29, 0.717) is 0 Å². The van der Waals surface area contributed by atoms with Gasteiger partial charge in [-0.1, -0.05) is 0 Å². The SMILES string of the molecule is CC(C)(C)N(CC(=O)O)c1ccc([N+](=O)[O-])cc1C(F)F. The number of nitro groups is 1. The van der Waals surface area contributed by atoms with E-state index in [9.17, 15) is 23.7 Å². The number of alkyl halides is 2. The second-order valence-electron chi connectivity index (χ2n) is 5.45. The van der Waals surface area contributed by atoms with E-state index in [1.54, 1.807) is 20.8 Å². The lowest BCUT2D eigenvalue weighted by Gasteiger charge is -2.37. The van der Waals surface area contributed by atoms with Crippen molar-refractivity contribution in [2.45, 2.75) is 32.7 Å². The average molecular weight is 302 g/mol. The summed E-state index contributed by atoms with van der Waals surface area (Å²) < 4.78 is 26.3. The van der Waals surface area contributed by atoms with E-state index in [1.165, 1.54) is 4.90 Å². The lowest BCUT2D eigenvalue weighted by molar-refractivity contribution is -0.385. The Hall–Kier alpha value is -2.25. The van der Waals surface area contributed by atoms with Crippen LogP contribution in [0, 0.1) is 10.1 Å². The summed E-state index contributed by atoms with van der Waals surface area (Å²) in [5.74, 6) is -1.18. The van der Waals surface area contributed by atoms with Crippen molar-refractivity contribution in [3.63, 3.8) is 0 Å². The van der Waals surface area contributed by atoms with Gasteiger partial charge in [0.2, 0.25) is 0 Å². The summed E-state index contributed by atoms with van der Waals surface area (Å²) in [6.07, 6.45) is -2.95. The van der Waals surface area contributed by atoms with Crippen molar-refractivity contribution in [3.8, 4) is 0 Å². The largest absolute Gasteiger partial charge is 0.480 e. The van der Waals surface area contributed by atoms with Crippen LogP contribution in [-0.4, -0.2) is 28.1 Å². The van der Waals surface area contributed by atoms with Gasteiger partial charge in [-0.3, -0.25) is 14.9 Å². The molecule has 21 heavy (non-hydrogen) atoms. The van der Waals surface area contributed by atoms with Crippen LogP contribution in [0.2, 0.25) is 0 Å². The summed E-state index contributed by atoms with van der Waals surface area (Å²) in [6, 6.07) is 3.02. The van der Waals surface area contributed by atoms with Gasteiger partial charge < -0.3 is 10.0 Å². The van der Waals surface area contributed by atoms with Crippen LogP contribution in [0.5, 0.6) is 0 Å². The predicted molar refractivity (Wildman–Crippen MR) is 72.8 cm³/mol. The Morgan fingerprint density at radius 3 is 2.38 bits per heavy atom. The molecule has 0 bridgehead atoms. The quantitative estimate of drug-likeness (QED) is 0.667. The van der Waals surface area contributed by atoms with Crippen LogP contribution < -0.4 is 4.90 Å². The lowest BCUT2D eigenvalue weighted by atomic mass is 10.0. The molecule has 0 saturated heterocycles. The number of hydrogen-bond donors (Lipinski definition) is 1. The molecule has 0 aliphatic carbocycles. The third-order valence-corrected chi connectivity index (χ3v) is 2.85. The van der Waals surface area contributed by atoms with Gasteiger partial charge in [0.1, 0.15) is 6.54 Å². The summed E-state index contributed by atoms with van der Waals surface area (Å²) in [6.45, 7) is 4.53. The second-order valence-corrected chi connectivity index (χ2v) is 5.45. The summed E-state index contributed by atoms with van der Waals surface area (Å²) in [7, 11) is 0. The van der Waals surface area contributed by atoms with Gasteiger partial charge in [0.15, 0.2) is 0 Å². The third-order valence-electron chi connectivity index (χ3n) is 2.85. The molecule has 1 N–H and O–H groups in total. The highest BCUT2D eigenvalue weighted by Gasteiger charge is 2.29. The number of anilines is 1. The van der Waals surface area contributed by atoms with Gasteiger partial charge in [0, 0.05) is 28.9 Å². The number of rotatable bonds is 5. The molecule has 0 aliphatic rings. The van der Waals surface area contributed by atoms with Crippen molar-refractivity contribution in [1.82, 2.24) is 0 Å². The van der Waals surface area contributed by atoms with Crippen LogP contribution >= 0.6 is 0 Å². The Labute approximate surface area is 120 Å². The van der Waals surface area contributed by atoms with Crippen molar-refractivity contribution in [1.29, 1.82) is 0 Å². The number of halogens is 2. The molecular formula is C13H16F2N2O4. The Bertz CT molecular complexity index is 556. The summed E-state index contributed by atoms with van der Waals surface area (Å²) in [4.78, 5) is 22.1. The van der Waals surface area contributed by atoms with Gasteiger partial charge >= 0.3 is 5.97 Å². The highest BCUT2D eigenvalue weighted by molar-refractivity contribution is 5.75. The maximum absolute atomic E-state index is 13.2. The minimum Gasteiger partial charge on any atom is -0.480 e. The molecule has 0 unspecified atom stereocenters. The second kappa shape index (κ2) is 6.02. The topological polar surface area (TPSA) is 83.7 Å². The van der Waals surface area contributed by atoms with E-state index in [0.717, 1.165) is 18.2 Å². The molecule has 0 saturated carbocycles. The number of non-ortho nitro benzene ring substituents is 1. The molecule has 6 nitrogen and oxygen atoms in total. The molecule has 0 atom stereocenters. The fourth-order valence-electron chi connectivity index (χ4n) is 1.90. The molecule has 0 aromatic heterocycles. The van der Waals surface area contributed by atoms with Crippen LogP contribution in [0.15, 0.2) is 18.2 Å². The molecule has 0 fully saturated rings. The van der Waals surface area contributed by atoms with Gasteiger partial charge in [-0.25, -0.2) is 8.78 Å². The molecule has 0 spiro atoms. The fourth-order valence-corrected chi connectivity index (χ4v) is 1.90. The van der Waals surface area contributed by atoms with E-state index in [4.69, 9.17) is 5.11 Å². The minimum atomic E-state index is -2.95. The number of carboxylic acid groups (broad SMARTS) is 1. The van der Waals surface area contributed by atoms with Crippen molar-refractivity contribution in [2.24, 2.45) is 0 Å². The summed E-state index contributed by atoms with van der Waals surface area (Å²) in [5, 5.41) is 19.6. The monoisotopic (exact) mass is 302 g/mol. The van der Waals surface area contributed by atoms with E-state index in [2.05, 4.69) is 0 Å². The van der Waals surface area contributed by atoms with Gasteiger partial charge in [-0.2, -0.15) is 0 Å². The molecule has 1 aromatic rings. The normalized spacial score (nSPS) is 11.5. The van der Waals surface area contributed by atoms with E-state index < -0.39 is 40.7 Å². The third kappa shape index (κ3) is 4.11. The highest BCUT2D eigenvalue weighted by Crippen LogP contribution is 2.35. The van der Waals surface area contributed by atoms with Gasteiger partial charge in [-0.05, 0) is 26.8 Å². The first kappa shape index (κ1) is 16.8. The summed E-state index contributed by atoms with van der Waals surface area (Å²) >= 11 is 0. The Balaban J connectivity index is 3.43. The van der Waals surface area contributed by atoms with Gasteiger partial charge in [0.05, 0.1) is 4.92 Å². The van der Waals surface area contributed by atoms with Crippen LogP contribution in [0.4, 0.5) is 20.2 Å². The molecular weight excluding hydrogens is 286 g/mol. The molecule has 116 valence electrons. The zero-order valence-corrected chi connectivity index (χ0v) is 11.8. The van der Waals surface area contributed by atoms with E-state index >= 15 is 0 Å². The Morgan fingerprint density at radius 1 is 1.43 bits per heavy atom. The standard InChI is InChI=1S/C13H16F2N2O4/c1-13(2,3)16(7-11(18)19)10-5-4-8(17(20)21)6-9(10)12(14)15/h4-6,12H,7H2,1-3H3,(H,18,19). The van der Waals surface area contributed by atoms with Crippen molar-refractivity contribution in [2.75, 3.05) is 11.4 Å². The van der Waals surface area contributed by atoms with Crippen molar-refractivity contribution >= 4 is 17.3 Å². The Morgan fingerprint density at radius 2 is 2.00 bits per heavy atom. The molecule has 0 heterocycles. The number of nitro benzene ring substituents is 1. The highest BCUT2D eigenvalue weighted by atomic mass is 19.3. The molecule has 0 amide bonds. The van der Waals surface area contributed by atoms with E-state index in [-0.39, 0.29) is 5.69 Å². The summed E-state index contributed by atoms with van der Waals surface area (Å²) in [5.41, 5.74) is -1.78. The molecule has 8 heteroatoms. The number of carbonyl (C=O) groups is 1. The Kier molecular flexibility index (Phi) is 4.82. The van der Waals surface area contributed by atoms with Crippen molar-refractivity contribution < 1.29 is 23.6 Å². The average Bonchev–Trinajstić information content (AvgIpc) is 2.33. The lowest BCUT2D eigenvalue weighted by Crippen LogP contribution is -2.45. The zero-order chi connectivity index (χ0) is 16.4. The first-order chi connectivity index (χ1) is 9.54. The fraction of sp³-hybridized carbons (Fsp3) is 0.462. The zero-order valence-electron chi connectivity index (χ0n) is 11.8. The van der Waals surface area contributed by atoms with E-state index in [1.807, 2.05) is 0 Å². The predicted octanol–water partition coefficient (Wildman–Crippen LogP) is 3.22. The molecule has 1 aromatic carbocycles. The number of benzene rings is 1. The van der Waals surface area contributed by atoms with Crippen LogP contribution in [-0.2, 0) is 4.79 Å². The maximum atomic E-state index is 13.2. The molecule has 0 aliphatic heterocycles. The van der Waals surface area contributed by atoms with Crippen molar-refractivity contribution in [3.05, 3.63) is 33.9 Å². The maximum Gasteiger partial charge on any atom is 0.323 e. The van der Waals surface area contributed by atoms with Gasteiger partial charge in [-0.15, -0.1) is 0 Å². The first-order valence-electron chi connectivity index (χ1n) is 6.10.